The van der Waals surface area contributed by atoms with Crippen LogP contribution >= 0.6 is 0 Å². The van der Waals surface area contributed by atoms with E-state index in [2.05, 4.69) is 518 Å². The summed E-state index contributed by atoms with van der Waals surface area (Å²) in [6.45, 7) is 69.6. The van der Waals surface area contributed by atoms with Crippen molar-refractivity contribution in [3.8, 4) is 11.1 Å². The Labute approximate surface area is 753 Å². The monoisotopic (exact) mass is 1650 g/mol. The van der Waals surface area contributed by atoms with Gasteiger partial charge in [-0.05, 0) is 354 Å². The zero-order chi connectivity index (χ0) is 90.9. The molecule has 0 aromatic heterocycles. The van der Waals surface area contributed by atoms with Gasteiger partial charge in [-0.2, -0.15) is 0 Å². The van der Waals surface area contributed by atoms with Gasteiger partial charge in [0.15, 0.2) is 0 Å². The molecule has 0 atom stereocenters. The summed E-state index contributed by atoms with van der Waals surface area (Å²) in [6.07, 6.45) is 0. The van der Waals surface area contributed by atoms with E-state index in [4.69, 9.17) is 0 Å². The van der Waals surface area contributed by atoms with Crippen molar-refractivity contribution in [2.45, 2.75) is 242 Å². The summed E-state index contributed by atoms with van der Waals surface area (Å²) in [7, 11) is 0. The highest BCUT2D eigenvalue weighted by atomic mass is 15.2. The number of nitrogens with zero attached hydrogens (tertiary/aromatic N) is 5. The van der Waals surface area contributed by atoms with Crippen LogP contribution in [0.1, 0.15) is 221 Å². The third kappa shape index (κ3) is 21.4. The first-order valence-electron chi connectivity index (χ1n) is 45.0. The molecule has 125 heavy (non-hydrogen) atoms. The van der Waals surface area contributed by atoms with Gasteiger partial charge in [-0.3, -0.25) is 0 Å². The van der Waals surface area contributed by atoms with Crippen LogP contribution in [-0.2, 0) is 27.1 Å². The van der Waals surface area contributed by atoms with E-state index in [9.17, 15) is 0 Å². The second kappa shape index (κ2) is 37.1. The Balaban J connectivity index is 0.000000179. The molecule has 14 aromatic carbocycles. The minimum Gasteiger partial charge on any atom is -0.310 e. The second-order valence-electron chi connectivity index (χ2n) is 40.8. The van der Waals surface area contributed by atoms with Crippen LogP contribution in [0.15, 0.2) is 279 Å². The molecule has 0 unspecified atom stereocenters. The fraction of sp³-hybridized carbons (Fsp3) is 0.300. The molecule has 0 aliphatic carbocycles. The Morgan fingerprint density at radius 2 is 0.232 bits per heavy atom. The van der Waals surface area contributed by atoms with Gasteiger partial charge in [-0.15, -0.1) is 0 Å². The molecule has 0 spiro atoms. The lowest BCUT2D eigenvalue weighted by atomic mass is 9.84. The van der Waals surface area contributed by atoms with E-state index in [0.717, 1.165) is 45.5 Å². The van der Waals surface area contributed by atoms with Crippen LogP contribution in [0.4, 0.5) is 85.3 Å². The van der Waals surface area contributed by atoms with Crippen LogP contribution in [0.2, 0.25) is 0 Å². The van der Waals surface area contributed by atoms with Gasteiger partial charge in [0, 0.05) is 56.9 Å². The minimum atomic E-state index is 0.0885. The van der Waals surface area contributed by atoms with Gasteiger partial charge in [-0.1, -0.05) is 295 Å². The lowest BCUT2D eigenvalue weighted by Crippen LogP contribution is -2.17. The molecule has 0 aliphatic rings. The van der Waals surface area contributed by atoms with E-state index in [1.165, 1.54) is 168 Å². The van der Waals surface area contributed by atoms with E-state index in [0.29, 0.717) is 0 Å². The lowest BCUT2D eigenvalue weighted by Gasteiger charge is -2.32. The summed E-state index contributed by atoms with van der Waals surface area (Å²) in [5.74, 6) is 0. The molecular formula is C120H139N5. The van der Waals surface area contributed by atoms with Gasteiger partial charge in [0.05, 0.1) is 28.4 Å². The van der Waals surface area contributed by atoms with E-state index in [-0.39, 0.29) is 27.1 Å². The standard InChI is InChI=1S/C50H56N2.C44H52N2.C26H31N/c1-33-13-21-43(22-14-33)51(47-35(3)29-41(30-36(47)4)49(7,8)9)45-25-17-39(18-26-45)40-19-27-46(28-20-40)52(44-23-15-34(2)16-24-44)48-37(5)31-42(32-38(48)6)50(10,11)12;1-29-13-17-37(18-14-29)45(41-31(3)25-35(26-32(41)4)43(7,8)9)39-21-23-40(24-22-39)46(38-19-15-30(2)16-20-38)42-33(5)27-36(28-34(42)6)44(10,11)12;1-18-8-12-23(13-9-18)27(24-14-10-19(2)11-15-24)25-20(3)16-22(17-21(25)4)26(5,6)7/h13-32H,1-12H3;13-28H,1-12H3;8-17H,1-7H3. The summed E-state index contributed by atoms with van der Waals surface area (Å²) in [5.41, 5.74) is 48.0. The molecule has 5 nitrogen and oxygen atoms in total. The van der Waals surface area contributed by atoms with E-state index < -0.39 is 0 Å². The van der Waals surface area contributed by atoms with Crippen molar-refractivity contribution in [1.29, 1.82) is 0 Å². The number of hydrogen-bond donors (Lipinski definition) is 0. The Morgan fingerprint density at radius 3 is 0.336 bits per heavy atom. The molecule has 0 saturated carbocycles. The van der Waals surface area contributed by atoms with Crippen molar-refractivity contribution < 1.29 is 0 Å². The van der Waals surface area contributed by atoms with Gasteiger partial charge >= 0.3 is 0 Å². The highest BCUT2D eigenvalue weighted by Gasteiger charge is 2.29. The highest BCUT2D eigenvalue weighted by Crippen LogP contribution is 2.49. The van der Waals surface area contributed by atoms with Gasteiger partial charge in [0.25, 0.3) is 0 Å². The maximum absolute atomic E-state index is 2.42. The number of anilines is 15. The maximum atomic E-state index is 2.42. The number of benzene rings is 14. The summed E-state index contributed by atoms with van der Waals surface area (Å²) < 4.78 is 0. The second-order valence-corrected chi connectivity index (χ2v) is 40.8. The molecule has 14 aromatic rings. The molecule has 5 heteroatoms. The van der Waals surface area contributed by atoms with Crippen LogP contribution in [0.3, 0.4) is 0 Å². The molecule has 0 radical (unpaired) electrons. The van der Waals surface area contributed by atoms with E-state index in [1.54, 1.807) is 0 Å². The Hall–Kier alpha value is -11.9. The first-order valence-corrected chi connectivity index (χ1v) is 45.0. The van der Waals surface area contributed by atoms with Gasteiger partial charge < -0.3 is 24.5 Å². The quantitative estimate of drug-likeness (QED) is 0.0955. The van der Waals surface area contributed by atoms with Gasteiger partial charge in [0.1, 0.15) is 0 Å². The van der Waals surface area contributed by atoms with Crippen molar-refractivity contribution in [2.24, 2.45) is 0 Å². The third-order valence-electron chi connectivity index (χ3n) is 24.6. The van der Waals surface area contributed by atoms with Crippen LogP contribution in [0, 0.1) is 111 Å². The van der Waals surface area contributed by atoms with Crippen molar-refractivity contribution in [3.63, 3.8) is 0 Å². The summed E-state index contributed by atoms with van der Waals surface area (Å²) in [5, 5.41) is 0. The Bertz CT molecular complexity index is 5630. The predicted octanol–water partition coefficient (Wildman–Crippen LogP) is 35.5. The largest absolute Gasteiger partial charge is 0.310 e. The van der Waals surface area contributed by atoms with Gasteiger partial charge in [0.2, 0.25) is 0 Å². The van der Waals surface area contributed by atoms with Crippen LogP contribution in [0.25, 0.3) is 11.1 Å². The van der Waals surface area contributed by atoms with Gasteiger partial charge in [-0.25, -0.2) is 0 Å². The summed E-state index contributed by atoms with van der Waals surface area (Å²) >= 11 is 0. The zero-order valence-corrected chi connectivity index (χ0v) is 81.3. The molecule has 0 N–H and O–H groups in total. The average molecular weight is 1650 g/mol. The smallest absolute Gasteiger partial charge is 0.0520 e. The van der Waals surface area contributed by atoms with Crippen LogP contribution in [0.5, 0.6) is 0 Å². The fourth-order valence-corrected chi connectivity index (χ4v) is 17.3. The average Bonchev–Trinajstić information content (AvgIpc) is 0.776. The molecule has 0 fully saturated rings. The number of aryl methyl sites for hydroxylation is 16. The first-order chi connectivity index (χ1) is 58.7. The number of rotatable bonds is 16. The molecule has 644 valence electrons. The third-order valence-corrected chi connectivity index (χ3v) is 24.6. The predicted molar refractivity (Wildman–Crippen MR) is 547 cm³/mol. The highest BCUT2D eigenvalue weighted by molar-refractivity contribution is 5.88. The Kier molecular flexibility index (Phi) is 27.4. The van der Waals surface area contributed by atoms with Crippen LogP contribution < -0.4 is 24.5 Å². The number of hydrogen-bond acceptors (Lipinski definition) is 5. The maximum Gasteiger partial charge on any atom is 0.0520 e. The fourth-order valence-electron chi connectivity index (χ4n) is 17.3. The lowest BCUT2D eigenvalue weighted by molar-refractivity contribution is 0.589. The molecular weight excluding hydrogens is 1510 g/mol. The minimum absolute atomic E-state index is 0.0885. The zero-order valence-electron chi connectivity index (χ0n) is 81.3. The normalized spacial score (nSPS) is 11.8. The van der Waals surface area contributed by atoms with Crippen LogP contribution in [-0.4, -0.2) is 0 Å². The van der Waals surface area contributed by atoms with Crippen molar-refractivity contribution in [1.82, 2.24) is 0 Å². The summed E-state index contributed by atoms with van der Waals surface area (Å²) in [4.78, 5) is 12.1. The summed E-state index contributed by atoms with van der Waals surface area (Å²) in [6, 6.07) is 104. The molecule has 0 heterocycles. The van der Waals surface area contributed by atoms with Crippen molar-refractivity contribution >= 4 is 85.3 Å². The first kappa shape index (κ1) is 92.3. The molecule has 0 saturated heterocycles. The van der Waals surface area contributed by atoms with Crippen molar-refractivity contribution in [3.05, 3.63) is 396 Å². The molecule has 0 bridgehead atoms. The SMILES string of the molecule is Cc1ccc(N(c2ccc(-c3ccc(N(c4ccc(C)cc4)c4c(C)cc(C(C)(C)C)cc4C)cc3)cc2)c2c(C)cc(C(C)(C)C)cc2C)cc1.Cc1ccc(N(c2ccc(C)cc2)c2c(C)cc(C(C)(C)C)cc2C)cc1.Cc1ccc(N(c2ccc(N(c3ccc(C)cc3)c3c(C)cc(C(C)(C)C)cc3C)cc2)c2c(C)cc(C(C)(C)C)cc2C)cc1. The van der Waals surface area contributed by atoms with Crippen molar-refractivity contribution in [2.75, 3.05) is 24.5 Å². The van der Waals surface area contributed by atoms with E-state index in [1.807, 2.05) is 0 Å². The Morgan fingerprint density at radius 1 is 0.136 bits per heavy atom. The molecule has 0 amide bonds. The molecule has 14 rings (SSSR count). The van der Waals surface area contributed by atoms with E-state index >= 15 is 0 Å². The molecule has 0 aliphatic heterocycles. The topological polar surface area (TPSA) is 16.2 Å².